The highest BCUT2D eigenvalue weighted by atomic mass is 35.6. The van der Waals surface area contributed by atoms with Crippen molar-refractivity contribution in [3.63, 3.8) is 0 Å². The van der Waals surface area contributed by atoms with Gasteiger partial charge in [-0.3, -0.25) is 0 Å². The van der Waals surface area contributed by atoms with Crippen molar-refractivity contribution in [2.45, 2.75) is 9.83 Å². The predicted molar refractivity (Wildman–Crippen MR) is 80.4 cm³/mol. The number of hydrogen-bond donors (Lipinski definition) is 2. The SMILES string of the molecule is [N-]=[N+]=Nc1ccc([C@@H](NC(=O)OCC(Cl)(Cl)Cl)C(=O)O)cc1. The van der Waals surface area contributed by atoms with Crippen molar-refractivity contribution in [2.75, 3.05) is 6.61 Å². The molecular formula is C11H9Cl3N4O4. The van der Waals surface area contributed by atoms with Crippen LogP contribution in [0, 0.1) is 0 Å². The molecule has 0 aliphatic heterocycles. The Labute approximate surface area is 139 Å². The number of carbonyl (C=O) groups is 2. The highest BCUT2D eigenvalue weighted by molar-refractivity contribution is 6.67. The van der Waals surface area contributed by atoms with Crippen LogP contribution in [0.15, 0.2) is 29.4 Å². The van der Waals surface area contributed by atoms with Crippen molar-refractivity contribution in [1.82, 2.24) is 5.32 Å². The number of hydrogen-bond acceptors (Lipinski definition) is 4. The highest BCUT2D eigenvalue weighted by Crippen LogP contribution is 2.26. The van der Waals surface area contributed by atoms with Crippen LogP contribution >= 0.6 is 34.8 Å². The number of carboxylic acids is 1. The molecule has 0 bridgehead atoms. The Balaban J connectivity index is 2.79. The molecule has 0 aromatic heterocycles. The number of carboxylic acid groups (broad SMARTS) is 1. The summed E-state index contributed by atoms with van der Waals surface area (Å²) in [7, 11) is 0. The number of halogens is 3. The van der Waals surface area contributed by atoms with Gasteiger partial charge in [-0.05, 0) is 11.1 Å². The molecule has 22 heavy (non-hydrogen) atoms. The summed E-state index contributed by atoms with van der Waals surface area (Å²) in [4.78, 5) is 25.3. The lowest BCUT2D eigenvalue weighted by atomic mass is 10.1. The second kappa shape index (κ2) is 7.95. The van der Waals surface area contributed by atoms with Crippen LogP contribution in [0.4, 0.5) is 10.5 Å². The van der Waals surface area contributed by atoms with E-state index in [1.54, 1.807) is 0 Å². The molecular weight excluding hydrogens is 359 g/mol. The summed E-state index contributed by atoms with van der Waals surface area (Å²) in [6.45, 7) is -0.536. The fraction of sp³-hybridized carbons (Fsp3) is 0.273. The molecule has 8 nitrogen and oxygen atoms in total. The number of nitrogens with zero attached hydrogens (tertiary/aromatic N) is 3. The molecule has 0 saturated carbocycles. The van der Waals surface area contributed by atoms with Gasteiger partial charge < -0.3 is 15.2 Å². The molecule has 0 unspecified atom stereocenters. The summed E-state index contributed by atoms with van der Waals surface area (Å²) in [5.74, 6) is -1.32. The van der Waals surface area contributed by atoms with E-state index in [1.807, 2.05) is 0 Å². The number of alkyl halides is 3. The third-order valence-corrected chi connectivity index (χ3v) is 2.59. The van der Waals surface area contributed by atoms with Gasteiger partial charge in [0.1, 0.15) is 6.61 Å². The largest absolute Gasteiger partial charge is 0.479 e. The minimum atomic E-state index is -1.80. The molecule has 0 aliphatic carbocycles. The van der Waals surface area contributed by atoms with E-state index in [1.165, 1.54) is 24.3 Å². The van der Waals surface area contributed by atoms with Gasteiger partial charge in [0.05, 0.1) is 0 Å². The second-order valence-corrected chi connectivity index (χ2v) is 6.40. The zero-order chi connectivity index (χ0) is 16.8. The average molecular weight is 368 g/mol. The van der Waals surface area contributed by atoms with Gasteiger partial charge >= 0.3 is 12.1 Å². The molecule has 1 aromatic rings. The van der Waals surface area contributed by atoms with Crippen LogP contribution in [0.2, 0.25) is 0 Å². The Kier molecular flexibility index (Phi) is 6.58. The van der Waals surface area contributed by atoms with Crippen molar-refractivity contribution in [3.8, 4) is 0 Å². The van der Waals surface area contributed by atoms with E-state index in [4.69, 9.17) is 45.4 Å². The first-order chi connectivity index (χ1) is 10.2. The van der Waals surface area contributed by atoms with E-state index in [-0.39, 0.29) is 5.56 Å². The summed E-state index contributed by atoms with van der Waals surface area (Å²) in [6, 6.07) is 4.21. The van der Waals surface area contributed by atoms with Crippen LogP contribution in [0.1, 0.15) is 11.6 Å². The first-order valence-electron chi connectivity index (χ1n) is 5.61. The maximum absolute atomic E-state index is 11.5. The van der Waals surface area contributed by atoms with Crippen LogP contribution in [0.5, 0.6) is 0 Å². The summed E-state index contributed by atoms with van der Waals surface area (Å²) < 4.78 is 2.80. The molecule has 1 rings (SSSR count). The standard InChI is InChI=1S/C11H9Cl3N4O4/c12-11(13,14)5-22-10(21)16-8(9(19)20)6-1-3-7(4-2-6)17-18-15/h1-4,8H,5H2,(H,16,21)(H,19,20)/t8-/m1/s1. The van der Waals surface area contributed by atoms with Gasteiger partial charge in [-0.15, -0.1) is 0 Å². The van der Waals surface area contributed by atoms with E-state index >= 15 is 0 Å². The molecule has 118 valence electrons. The van der Waals surface area contributed by atoms with Crippen molar-refractivity contribution in [3.05, 3.63) is 40.3 Å². The fourth-order valence-electron chi connectivity index (χ4n) is 1.38. The molecule has 0 radical (unpaired) electrons. The van der Waals surface area contributed by atoms with Crippen LogP contribution < -0.4 is 5.32 Å². The lowest BCUT2D eigenvalue weighted by Crippen LogP contribution is -2.35. The number of azide groups is 1. The lowest BCUT2D eigenvalue weighted by molar-refractivity contribution is -0.139. The maximum Gasteiger partial charge on any atom is 0.408 e. The van der Waals surface area contributed by atoms with Gasteiger partial charge in [0.15, 0.2) is 6.04 Å². The minimum absolute atomic E-state index is 0.246. The van der Waals surface area contributed by atoms with Crippen molar-refractivity contribution >= 4 is 52.6 Å². The first kappa shape index (κ1) is 18.2. The third kappa shape index (κ3) is 6.28. The van der Waals surface area contributed by atoms with Crippen LogP contribution in [0.3, 0.4) is 0 Å². The number of amides is 1. The number of ether oxygens (including phenoxy) is 1. The Morgan fingerprint density at radius 2 is 1.95 bits per heavy atom. The normalized spacial score (nSPS) is 12.0. The van der Waals surface area contributed by atoms with Gasteiger partial charge in [-0.25, -0.2) is 9.59 Å². The molecule has 1 atom stereocenters. The minimum Gasteiger partial charge on any atom is -0.479 e. The Morgan fingerprint density at radius 1 is 1.36 bits per heavy atom. The number of carbonyl (C=O) groups excluding carboxylic acids is 1. The summed E-state index contributed by atoms with van der Waals surface area (Å²) in [5.41, 5.74) is 8.83. The molecule has 0 heterocycles. The Hall–Kier alpha value is -1.86. The van der Waals surface area contributed by atoms with Crippen LogP contribution in [0.25, 0.3) is 10.4 Å². The Bertz CT molecular complexity index is 596. The summed E-state index contributed by atoms with van der Waals surface area (Å²) in [5, 5.41) is 14.6. The molecule has 1 aromatic carbocycles. The van der Waals surface area contributed by atoms with Gasteiger partial charge in [0, 0.05) is 10.6 Å². The maximum atomic E-state index is 11.5. The lowest BCUT2D eigenvalue weighted by Gasteiger charge is -2.16. The molecule has 2 N–H and O–H groups in total. The summed E-state index contributed by atoms with van der Waals surface area (Å²) >= 11 is 16.2. The third-order valence-electron chi connectivity index (χ3n) is 2.26. The first-order valence-corrected chi connectivity index (χ1v) is 6.74. The molecule has 1 amide bonds. The van der Waals surface area contributed by atoms with Crippen LogP contribution in [-0.2, 0) is 9.53 Å². The molecule has 11 heteroatoms. The number of alkyl carbamates (subject to hydrolysis) is 1. The van der Waals surface area contributed by atoms with E-state index < -0.39 is 28.5 Å². The zero-order valence-corrected chi connectivity index (χ0v) is 13.0. The second-order valence-electron chi connectivity index (χ2n) is 3.89. The van der Waals surface area contributed by atoms with Crippen molar-refractivity contribution < 1.29 is 19.4 Å². The smallest absolute Gasteiger partial charge is 0.408 e. The average Bonchev–Trinajstić information content (AvgIpc) is 2.43. The van der Waals surface area contributed by atoms with E-state index in [2.05, 4.69) is 20.1 Å². The number of benzene rings is 1. The van der Waals surface area contributed by atoms with Gasteiger partial charge in [-0.1, -0.05) is 64.2 Å². The predicted octanol–water partition coefficient (Wildman–Crippen LogP) is 3.85. The quantitative estimate of drug-likeness (QED) is 0.355. The van der Waals surface area contributed by atoms with Gasteiger partial charge in [-0.2, -0.15) is 0 Å². The zero-order valence-electron chi connectivity index (χ0n) is 10.7. The Morgan fingerprint density at radius 3 is 2.41 bits per heavy atom. The molecule has 0 spiro atoms. The highest BCUT2D eigenvalue weighted by Gasteiger charge is 2.26. The van der Waals surface area contributed by atoms with Gasteiger partial charge in [0.2, 0.25) is 3.79 Å². The molecule has 0 fully saturated rings. The van der Waals surface area contributed by atoms with E-state index in [9.17, 15) is 9.59 Å². The summed E-state index contributed by atoms with van der Waals surface area (Å²) in [6.07, 6.45) is -1.06. The van der Waals surface area contributed by atoms with Crippen molar-refractivity contribution in [2.24, 2.45) is 5.11 Å². The van der Waals surface area contributed by atoms with E-state index in [0.717, 1.165) is 0 Å². The topological polar surface area (TPSA) is 124 Å². The number of aliphatic carboxylic acids is 1. The van der Waals surface area contributed by atoms with Crippen molar-refractivity contribution in [1.29, 1.82) is 0 Å². The van der Waals surface area contributed by atoms with Crippen LogP contribution in [-0.4, -0.2) is 27.6 Å². The number of nitrogens with one attached hydrogen (secondary N) is 1. The van der Waals surface area contributed by atoms with E-state index in [0.29, 0.717) is 5.69 Å². The fourth-order valence-corrected chi connectivity index (χ4v) is 1.54. The number of rotatable bonds is 5. The monoisotopic (exact) mass is 366 g/mol. The molecule has 0 aliphatic rings. The van der Waals surface area contributed by atoms with Gasteiger partial charge in [0.25, 0.3) is 0 Å². The molecule has 0 saturated heterocycles.